The first-order valence-corrected chi connectivity index (χ1v) is 15.0. The van der Waals surface area contributed by atoms with Gasteiger partial charge in [-0.25, -0.2) is 4.98 Å². The number of ether oxygens (including phenoxy) is 1. The summed E-state index contributed by atoms with van der Waals surface area (Å²) in [7, 11) is 1.67. The fraction of sp³-hybridized carbons (Fsp3) is 0.343. The van der Waals surface area contributed by atoms with E-state index < -0.39 is 0 Å². The molecule has 214 valence electrons. The van der Waals surface area contributed by atoms with Crippen molar-refractivity contribution in [2.24, 2.45) is 0 Å². The minimum absolute atomic E-state index is 0.0827. The highest BCUT2D eigenvalue weighted by Gasteiger charge is 2.32. The van der Waals surface area contributed by atoms with Gasteiger partial charge in [0.2, 0.25) is 0 Å². The van der Waals surface area contributed by atoms with Crippen molar-refractivity contribution in [2.75, 3.05) is 45.2 Å². The zero-order valence-corrected chi connectivity index (χ0v) is 24.2. The van der Waals surface area contributed by atoms with Crippen molar-refractivity contribution >= 4 is 22.6 Å². The monoisotopic (exact) mass is 559 g/mol. The van der Waals surface area contributed by atoms with E-state index in [1.165, 1.54) is 18.4 Å². The second-order valence-corrected chi connectivity index (χ2v) is 11.3. The van der Waals surface area contributed by atoms with E-state index in [0.717, 1.165) is 73.2 Å². The zero-order valence-electron chi connectivity index (χ0n) is 24.2. The Hall–Kier alpha value is -4.41. The number of methoxy groups -OCH3 is 1. The number of carbonyl (C=O) groups excluding carboxylic acids is 1. The number of likely N-dealkylation sites (tertiary alicyclic amines) is 2. The van der Waals surface area contributed by atoms with Crippen LogP contribution in [0.25, 0.3) is 22.0 Å². The van der Waals surface area contributed by atoms with Crippen LogP contribution in [0, 0.1) is 11.3 Å². The largest absolute Gasteiger partial charge is 0.497 e. The van der Waals surface area contributed by atoms with Gasteiger partial charge in [-0.3, -0.25) is 4.79 Å². The maximum atomic E-state index is 14.3. The lowest BCUT2D eigenvalue weighted by molar-refractivity contribution is 0.0710. The molecule has 1 N–H and O–H groups in total. The molecule has 0 saturated carbocycles. The molecule has 0 radical (unpaired) electrons. The number of carbonyl (C=O) groups is 1. The number of hydrogen-bond donors (Lipinski definition) is 1. The summed E-state index contributed by atoms with van der Waals surface area (Å²) in [5.74, 6) is 1.64. The number of rotatable bonds is 9. The average molecular weight is 560 g/mol. The summed E-state index contributed by atoms with van der Waals surface area (Å²) in [5, 5.41) is 13.5. The first kappa shape index (κ1) is 27.7. The molecule has 0 bridgehead atoms. The number of benzene rings is 3. The quantitative estimate of drug-likeness (QED) is 0.265. The van der Waals surface area contributed by atoms with Crippen LogP contribution >= 0.6 is 0 Å². The maximum absolute atomic E-state index is 14.3. The van der Waals surface area contributed by atoms with E-state index in [-0.39, 0.29) is 11.9 Å². The molecule has 0 unspecified atom stereocenters. The molecule has 7 nitrogen and oxygen atoms in total. The fourth-order valence-corrected chi connectivity index (χ4v) is 6.25. The Labute approximate surface area is 247 Å². The third kappa shape index (κ3) is 6.09. The SMILES string of the molecule is COc1ccc(CCNc2cc(C(=O)N3CCC[C@H]3CN3CCCC3)c3cc(-c4ccc(C#N)cc4)ccc3n2)cc1. The van der Waals surface area contributed by atoms with Crippen molar-refractivity contribution in [2.45, 2.75) is 38.1 Å². The van der Waals surface area contributed by atoms with E-state index in [2.05, 4.69) is 39.4 Å². The Morgan fingerprint density at radius 1 is 0.976 bits per heavy atom. The predicted octanol–water partition coefficient (Wildman–Crippen LogP) is 6.14. The zero-order chi connectivity index (χ0) is 28.9. The normalized spacial score (nSPS) is 17.0. The molecule has 2 aliphatic rings. The van der Waals surface area contributed by atoms with Gasteiger partial charge in [-0.2, -0.15) is 5.26 Å². The standard InChI is InChI=1S/C35H37N5O2/c1-42-30-13-8-25(9-14-30)16-17-37-34-22-32(35(41)40-20-4-5-29(40)24-39-18-2-3-19-39)31-21-28(12-15-33(31)38-34)27-10-6-26(23-36)7-11-27/h6-15,21-22,29H,2-5,16-20,24H2,1H3,(H,37,38)/t29-/m0/s1. The number of hydrogen-bond acceptors (Lipinski definition) is 6. The lowest BCUT2D eigenvalue weighted by Gasteiger charge is -2.29. The summed E-state index contributed by atoms with van der Waals surface area (Å²) in [6, 6.07) is 26.1. The van der Waals surface area contributed by atoms with Crippen molar-refractivity contribution < 1.29 is 9.53 Å². The molecule has 2 fully saturated rings. The van der Waals surface area contributed by atoms with Gasteiger partial charge in [-0.1, -0.05) is 30.3 Å². The van der Waals surface area contributed by atoms with Gasteiger partial charge in [0.05, 0.1) is 29.8 Å². The summed E-state index contributed by atoms with van der Waals surface area (Å²) >= 11 is 0. The Morgan fingerprint density at radius 2 is 1.74 bits per heavy atom. The molecule has 2 saturated heterocycles. The van der Waals surface area contributed by atoms with E-state index >= 15 is 0 Å². The van der Waals surface area contributed by atoms with Gasteiger partial charge in [0.25, 0.3) is 5.91 Å². The molecule has 1 atom stereocenters. The van der Waals surface area contributed by atoms with Crippen LogP contribution < -0.4 is 10.1 Å². The second-order valence-electron chi connectivity index (χ2n) is 11.3. The molecule has 2 aliphatic heterocycles. The molecule has 3 heterocycles. The Kier molecular flexibility index (Phi) is 8.34. The van der Waals surface area contributed by atoms with E-state index in [1.54, 1.807) is 7.11 Å². The highest BCUT2D eigenvalue weighted by molar-refractivity contribution is 6.08. The van der Waals surface area contributed by atoms with Crippen molar-refractivity contribution in [3.8, 4) is 22.9 Å². The average Bonchev–Trinajstić information content (AvgIpc) is 3.73. The smallest absolute Gasteiger partial charge is 0.254 e. The summed E-state index contributed by atoms with van der Waals surface area (Å²) < 4.78 is 5.28. The van der Waals surface area contributed by atoms with Gasteiger partial charge in [0.15, 0.2) is 0 Å². The topological polar surface area (TPSA) is 81.5 Å². The number of aromatic nitrogens is 1. The van der Waals surface area contributed by atoms with Crippen LogP contribution in [0.1, 0.15) is 47.2 Å². The van der Waals surface area contributed by atoms with Gasteiger partial charge in [-0.15, -0.1) is 0 Å². The fourth-order valence-electron chi connectivity index (χ4n) is 6.25. The molecular formula is C35H37N5O2. The molecule has 0 aliphatic carbocycles. The Bertz CT molecular complexity index is 1590. The Balaban J connectivity index is 1.30. The highest BCUT2D eigenvalue weighted by Crippen LogP contribution is 2.31. The lowest BCUT2D eigenvalue weighted by Crippen LogP contribution is -2.42. The minimum atomic E-state index is 0.0827. The lowest BCUT2D eigenvalue weighted by atomic mass is 9.99. The summed E-state index contributed by atoms with van der Waals surface area (Å²) in [4.78, 5) is 23.8. The van der Waals surface area contributed by atoms with Gasteiger partial charge in [0, 0.05) is 31.1 Å². The number of nitriles is 1. The molecule has 1 aromatic heterocycles. The maximum Gasteiger partial charge on any atom is 0.254 e. The van der Waals surface area contributed by atoms with Gasteiger partial charge in [0.1, 0.15) is 11.6 Å². The number of pyridine rings is 1. The van der Waals surface area contributed by atoms with Crippen LogP contribution in [0.5, 0.6) is 5.75 Å². The van der Waals surface area contributed by atoms with Gasteiger partial charge in [-0.05, 0) is 104 Å². The number of anilines is 1. The number of amides is 1. The second kappa shape index (κ2) is 12.6. The molecule has 7 heteroatoms. The molecule has 42 heavy (non-hydrogen) atoms. The Morgan fingerprint density at radius 3 is 2.48 bits per heavy atom. The van der Waals surface area contributed by atoms with Crippen LogP contribution in [-0.2, 0) is 6.42 Å². The van der Waals surface area contributed by atoms with Crippen LogP contribution in [0.4, 0.5) is 5.82 Å². The number of fused-ring (bicyclic) bond motifs is 1. The van der Waals surface area contributed by atoms with Crippen molar-refractivity contribution in [3.63, 3.8) is 0 Å². The third-order valence-electron chi connectivity index (χ3n) is 8.57. The van der Waals surface area contributed by atoms with Crippen LogP contribution in [0.15, 0.2) is 72.8 Å². The summed E-state index contributed by atoms with van der Waals surface area (Å²) in [5.41, 5.74) is 5.31. The van der Waals surface area contributed by atoms with Gasteiger partial charge < -0.3 is 19.9 Å². The molecule has 3 aromatic carbocycles. The van der Waals surface area contributed by atoms with Gasteiger partial charge >= 0.3 is 0 Å². The van der Waals surface area contributed by atoms with Crippen molar-refractivity contribution in [1.29, 1.82) is 5.26 Å². The van der Waals surface area contributed by atoms with E-state index in [1.807, 2.05) is 54.6 Å². The third-order valence-corrected chi connectivity index (χ3v) is 8.57. The first-order valence-electron chi connectivity index (χ1n) is 15.0. The highest BCUT2D eigenvalue weighted by atomic mass is 16.5. The number of nitrogens with one attached hydrogen (secondary N) is 1. The summed E-state index contributed by atoms with van der Waals surface area (Å²) in [6.07, 6.45) is 5.42. The molecule has 0 spiro atoms. The van der Waals surface area contributed by atoms with E-state index in [4.69, 9.17) is 9.72 Å². The molecule has 1 amide bonds. The molecule has 6 rings (SSSR count). The summed E-state index contributed by atoms with van der Waals surface area (Å²) in [6.45, 7) is 4.71. The molecular weight excluding hydrogens is 522 g/mol. The first-order chi connectivity index (χ1) is 20.6. The van der Waals surface area contributed by atoms with Crippen molar-refractivity contribution in [3.05, 3.63) is 89.5 Å². The van der Waals surface area contributed by atoms with Crippen LogP contribution in [0.2, 0.25) is 0 Å². The van der Waals surface area contributed by atoms with Crippen molar-refractivity contribution in [1.82, 2.24) is 14.8 Å². The van der Waals surface area contributed by atoms with E-state index in [9.17, 15) is 10.1 Å². The van der Waals surface area contributed by atoms with E-state index in [0.29, 0.717) is 23.5 Å². The number of nitrogens with zero attached hydrogens (tertiary/aromatic N) is 4. The van der Waals surface area contributed by atoms with Crippen LogP contribution in [0.3, 0.4) is 0 Å². The van der Waals surface area contributed by atoms with Crippen LogP contribution in [-0.4, -0.2) is 66.6 Å². The minimum Gasteiger partial charge on any atom is -0.497 e. The molecule has 4 aromatic rings. The predicted molar refractivity (Wildman–Crippen MR) is 167 cm³/mol.